The maximum Gasteiger partial charge on any atom is 0.141 e. The zero-order chi connectivity index (χ0) is 11.4. The molecule has 0 aliphatic carbocycles. The minimum Gasteiger partial charge on any atom is -0.495 e. The molecule has 0 bridgehead atoms. The van der Waals surface area contributed by atoms with Gasteiger partial charge in [-0.1, -0.05) is 0 Å². The van der Waals surface area contributed by atoms with Crippen LogP contribution >= 0.6 is 15.9 Å². The van der Waals surface area contributed by atoms with Gasteiger partial charge in [0.25, 0.3) is 0 Å². The van der Waals surface area contributed by atoms with Crippen molar-refractivity contribution >= 4 is 15.9 Å². The Hall–Kier alpha value is -0.650. The van der Waals surface area contributed by atoms with Crippen LogP contribution in [0.3, 0.4) is 0 Å². The molecule has 0 saturated carbocycles. The van der Waals surface area contributed by atoms with E-state index in [0.29, 0.717) is 17.7 Å². The van der Waals surface area contributed by atoms with E-state index in [9.17, 15) is 4.39 Å². The number of nitrogens with two attached hydrogens (primary N) is 1. The summed E-state index contributed by atoms with van der Waals surface area (Å²) in [5, 5.41) is 8.73. The first-order valence-corrected chi connectivity index (χ1v) is 5.28. The molecule has 1 rings (SSSR count). The van der Waals surface area contributed by atoms with Gasteiger partial charge in [-0.2, -0.15) is 0 Å². The van der Waals surface area contributed by atoms with E-state index >= 15 is 0 Å². The quantitative estimate of drug-likeness (QED) is 0.885. The highest BCUT2D eigenvalue weighted by atomic mass is 79.9. The van der Waals surface area contributed by atoms with E-state index in [-0.39, 0.29) is 17.1 Å². The van der Waals surface area contributed by atoms with Gasteiger partial charge in [0.05, 0.1) is 11.6 Å². The van der Waals surface area contributed by atoms with Gasteiger partial charge in [-0.3, -0.25) is 0 Å². The van der Waals surface area contributed by atoms with Crippen LogP contribution in [-0.2, 0) is 0 Å². The summed E-state index contributed by atoms with van der Waals surface area (Å²) in [6.07, 6.45) is 0.393. The highest BCUT2D eigenvalue weighted by Gasteiger charge is 2.13. The number of aliphatic hydroxyl groups is 1. The predicted molar refractivity (Wildman–Crippen MR) is 59.3 cm³/mol. The minimum atomic E-state index is -0.419. The maximum atomic E-state index is 13.4. The summed E-state index contributed by atoms with van der Waals surface area (Å²) in [6.45, 7) is -0.0266. The van der Waals surface area contributed by atoms with Crippen LogP contribution in [0.4, 0.5) is 4.39 Å². The molecule has 0 saturated heterocycles. The van der Waals surface area contributed by atoms with Crippen LogP contribution in [-0.4, -0.2) is 18.8 Å². The monoisotopic (exact) mass is 277 g/mol. The fourth-order valence-corrected chi connectivity index (χ4v) is 1.64. The fourth-order valence-electron chi connectivity index (χ4n) is 1.25. The molecule has 1 aromatic carbocycles. The van der Waals surface area contributed by atoms with Gasteiger partial charge in [-0.05, 0) is 40.0 Å². The number of rotatable bonds is 4. The molecule has 0 radical (unpaired) electrons. The van der Waals surface area contributed by atoms with Crippen LogP contribution < -0.4 is 10.5 Å². The number of halogens is 2. The number of hydrogen-bond acceptors (Lipinski definition) is 3. The van der Waals surface area contributed by atoms with E-state index < -0.39 is 5.82 Å². The highest BCUT2D eigenvalue weighted by molar-refractivity contribution is 9.10. The van der Waals surface area contributed by atoms with E-state index in [4.69, 9.17) is 15.6 Å². The van der Waals surface area contributed by atoms with Crippen LogP contribution in [0.25, 0.3) is 0 Å². The van der Waals surface area contributed by atoms with Crippen molar-refractivity contribution in [1.82, 2.24) is 0 Å². The van der Waals surface area contributed by atoms with E-state index in [0.717, 1.165) is 0 Å². The van der Waals surface area contributed by atoms with Gasteiger partial charge >= 0.3 is 0 Å². The predicted octanol–water partition coefficient (Wildman–Crippen LogP) is 1.98. The Morgan fingerprint density at radius 3 is 2.80 bits per heavy atom. The molecule has 0 aliphatic rings. The Labute approximate surface area is 96.2 Å². The normalized spacial score (nSPS) is 12.6. The first-order chi connectivity index (χ1) is 7.10. The van der Waals surface area contributed by atoms with Crippen LogP contribution in [0.5, 0.6) is 5.75 Å². The third-order valence-electron chi connectivity index (χ3n) is 2.11. The SMILES string of the molecule is COc1cc(C(N)CCO)cc(F)c1Br. The average molecular weight is 278 g/mol. The lowest BCUT2D eigenvalue weighted by Gasteiger charge is -2.13. The molecule has 0 heterocycles. The lowest BCUT2D eigenvalue weighted by Crippen LogP contribution is -2.12. The van der Waals surface area contributed by atoms with Gasteiger partial charge in [-0.25, -0.2) is 4.39 Å². The summed E-state index contributed by atoms with van der Waals surface area (Å²) in [7, 11) is 1.46. The first-order valence-electron chi connectivity index (χ1n) is 4.49. The zero-order valence-electron chi connectivity index (χ0n) is 8.34. The molecule has 0 aromatic heterocycles. The molecule has 0 amide bonds. The molecule has 0 aliphatic heterocycles. The summed E-state index contributed by atoms with van der Waals surface area (Å²) in [5.74, 6) is -0.0175. The number of ether oxygens (including phenoxy) is 1. The average Bonchev–Trinajstić information content (AvgIpc) is 2.22. The molecule has 5 heteroatoms. The van der Waals surface area contributed by atoms with Gasteiger partial charge in [0.15, 0.2) is 0 Å². The van der Waals surface area contributed by atoms with Gasteiger partial charge in [0.1, 0.15) is 11.6 Å². The lowest BCUT2D eigenvalue weighted by molar-refractivity contribution is 0.276. The number of benzene rings is 1. The number of hydrogen-bond donors (Lipinski definition) is 2. The standard InChI is InChI=1S/C10H13BrFNO2/c1-15-9-5-6(8(13)2-3-14)4-7(12)10(9)11/h4-5,8,14H,2-3,13H2,1H3. The van der Waals surface area contributed by atoms with Crippen molar-refractivity contribution in [3.63, 3.8) is 0 Å². The summed E-state index contributed by atoms with van der Waals surface area (Å²) >= 11 is 3.07. The highest BCUT2D eigenvalue weighted by Crippen LogP contribution is 2.31. The van der Waals surface area contributed by atoms with Crippen LogP contribution in [0.2, 0.25) is 0 Å². The summed E-state index contributed by atoms with van der Waals surface area (Å²) in [5.41, 5.74) is 6.36. The minimum absolute atomic E-state index is 0.0266. The largest absolute Gasteiger partial charge is 0.495 e. The van der Waals surface area contributed by atoms with Crippen LogP contribution in [0.1, 0.15) is 18.0 Å². The van der Waals surface area contributed by atoms with Crippen molar-refractivity contribution in [2.24, 2.45) is 5.73 Å². The van der Waals surface area contributed by atoms with Gasteiger partial charge < -0.3 is 15.6 Å². The van der Waals surface area contributed by atoms with E-state index in [1.807, 2.05) is 0 Å². The van der Waals surface area contributed by atoms with Gasteiger partial charge in [0, 0.05) is 12.6 Å². The van der Waals surface area contributed by atoms with Crippen molar-refractivity contribution in [2.75, 3.05) is 13.7 Å². The Morgan fingerprint density at radius 1 is 1.60 bits per heavy atom. The molecular weight excluding hydrogens is 265 g/mol. The smallest absolute Gasteiger partial charge is 0.141 e. The second-order valence-electron chi connectivity index (χ2n) is 3.14. The van der Waals surface area contributed by atoms with Gasteiger partial charge in [0.2, 0.25) is 0 Å². The summed E-state index contributed by atoms with van der Waals surface area (Å²) < 4.78 is 18.7. The Kier molecular flexibility index (Phi) is 4.50. The molecule has 1 aromatic rings. The van der Waals surface area contributed by atoms with Crippen LogP contribution in [0.15, 0.2) is 16.6 Å². The molecule has 3 nitrogen and oxygen atoms in total. The molecule has 1 unspecified atom stereocenters. The molecular formula is C10H13BrFNO2. The second-order valence-corrected chi connectivity index (χ2v) is 3.93. The fraction of sp³-hybridized carbons (Fsp3) is 0.400. The Bertz CT molecular complexity index is 346. The summed E-state index contributed by atoms with van der Waals surface area (Å²) in [4.78, 5) is 0. The Morgan fingerprint density at radius 2 is 2.27 bits per heavy atom. The van der Waals surface area contributed by atoms with Crippen molar-refractivity contribution < 1.29 is 14.2 Å². The molecule has 0 fully saturated rings. The Balaban J connectivity index is 3.05. The third kappa shape index (κ3) is 2.90. The first kappa shape index (κ1) is 12.4. The van der Waals surface area contributed by atoms with E-state index in [1.54, 1.807) is 6.07 Å². The van der Waals surface area contributed by atoms with Crippen LogP contribution in [0, 0.1) is 5.82 Å². The lowest BCUT2D eigenvalue weighted by atomic mass is 10.0. The number of aliphatic hydroxyl groups excluding tert-OH is 1. The zero-order valence-corrected chi connectivity index (χ0v) is 9.92. The maximum absolute atomic E-state index is 13.4. The topological polar surface area (TPSA) is 55.5 Å². The molecule has 3 N–H and O–H groups in total. The van der Waals surface area contributed by atoms with Gasteiger partial charge in [-0.15, -0.1) is 0 Å². The van der Waals surface area contributed by atoms with Crippen molar-refractivity contribution in [3.05, 3.63) is 28.0 Å². The van der Waals surface area contributed by atoms with E-state index in [1.165, 1.54) is 13.2 Å². The van der Waals surface area contributed by atoms with Crippen molar-refractivity contribution in [3.8, 4) is 5.75 Å². The van der Waals surface area contributed by atoms with Crippen molar-refractivity contribution in [2.45, 2.75) is 12.5 Å². The molecule has 84 valence electrons. The second kappa shape index (κ2) is 5.44. The molecule has 0 spiro atoms. The molecule has 1 atom stereocenters. The number of methoxy groups -OCH3 is 1. The van der Waals surface area contributed by atoms with Crippen molar-refractivity contribution in [1.29, 1.82) is 0 Å². The van der Waals surface area contributed by atoms with E-state index in [2.05, 4.69) is 15.9 Å². The summed E-state index contributed by atoms with van der Waals surface area (Å²) in [6, 6.07) is 2.62. The molecule has 15 heavy (non-hydrogen) atoms. The third-order valence-corrected chi connectivity index (χ3v) is 2.87.